The first-order valence-electron chi connectivity index (χ1n) is 9.31. The molecule has 0 spiro atoms. The number of nitrogens with zero attached hydrogens (tertiary/aromatic N) is 4. The number of methoxy groups -OCH3 is 1. The highest BCUT2D eigenvalue weighted by Crippen LogP contribution is 2.25. The predicted octanol–water partition coefficient (Wildman–Crippen LogP) is 1.55. The van der Waals surface area contributed by atoms with Gasteiger partial charge in [0.05, 0.1) is 32.0 Å². The van der Waals surface area contributed by atoms with E-state index in [2.05, 4.69) is 15.1 Å². The van der Waals surface area contributed by atoms with Crippen molar-refractivity contribution >= 4 is 17.6 Å². The molecule has 1 atom stereocenters. The smallest absolute Gasteiger partial charge is 0.303 e. The highest BCUT2D eigenvalue weighted by molar-refractivity contribution is 5.98. The molecule has 9 nitrogen and oxygen atoms in total. The summed E-state index contributed by atoms with van der Waals surface area (Å²) in [5, 5.41) is 13.2. The number of aliphatic hydroxyl groups excluding tert-OH is 1. The summed E-state index contributed by atoms with van der Waals surface area (Å²) >= 11 is 0. The summed E-state index contributed by atoms with van der Waals surface area (Å²) in [6, 6.07) is 4.82. The Bertz CT molecular complexity index is 899. The number of aromatic nitrogens is 2. The van der Waals surface area contributed by atoms with Crippen molar-refractivity contribution in [2.45, 2.75) is 19.6 Å². The van der Waals surface area contributed by atoms with E-state index in [1.165, 1.54) is 20.1 Å². The van der Waals surface area contributed by atoms with Crippen molar-refractivity contribution in [3.63, 3.8) is 0 Å². The summed E-state index contributed by atoms with van der Waals surface area (Å²) < 4.78 is 24.4. The van der Waals surface area contributed by atoms with Gasteiger partial charge in [-0.1, -0.05) is 23.4 Å². The fourth-order valence-corrected chi connectivity index (χ4v) is 2.89. The first kappa shape index (κ1) is 21.6. The number of carbonyl (C=O) groups is 1. The van der Waals surface area contributed by atoms with Crippen LogP contribution < -0.4 is 4.90 Å². The molecule has 1 unspecified atom stereocenters. The Morgan fingerprint density at radius 3 is 2.67 bits per heavy atom. The SMILES string of the molecule is COCC(CON=C1CN(c2ncc(-c3cccc(CO)c3F)cn2)C1)OC(C)=O. The lowest BCUT2D eigenvalue weighted by atomic mass is 10.1. The minimum atomic E-state index is -0.520. The molecule has 0 radical (unpaired) electrons. The minimum absolute atomic E-state index is 0.0978. The minimum Gasteiger partial charge on any atom is -0.456 e. The number of rotatable bonds is 9. The molecule has 0 bridgehead atoms. The van der Waals surface area contributed by atoms with Crippen LogP contribution in [0.15, 0.2) is 35.7 Å². The third-order valence-corrected chi connectivity index (χ3v) is 4.37. The maximum absolute atomic E-state index is 14.3. The Kier molecular flexibility index (Phi) is 7.26. The van der Waals surface area contributed by atoms with Crippen molar-refractivity contribution in [3.8, 4) is 11.1 Å². The average Bonchev–Trinajstić information content (AvgIpc) is 2.70. The van der Waals surface area contributed by atoms with Gasteiger partial charge in [-0.3, -0.25) is 4.79 Å². The van der Waals surface area contributed by atoms with Gasteiger partial charge in [0.25, 0.3) is 0 Å². The van der Waals surface area contributed by atoms with Crippen molar-refractivity contribution in [2.24, 2.45) is 5.16 Å². The Labute approximate surface area is 173 Å². The molecule has 30 heavy (non-hydrogen) atoms. The molecule has 1 aromatic carbocycles. The number of carbonyl (C=O) groups excluding carboxylic acids is 1. The molecule has 1 saturated heterocycles. The summed E-state index contributed by atoms with van der Waals surface area (Å²) in [7, 11) is 1.51. The van der Waals surface area contributed by atoms with Gasteiger partial charge in [-0.15, -0.1) is 0 Å². The van der Waals surface area contributed by atoms with Crippen LogP contribution in [0.1, 0.15) is 12.5 Å². The number of halogens is 1. The number of esters is 1. The Morgan fingerprint density at radius 1 is 1.30 bits per heavy atom. The van der Waals surface area contributed by atoms with Crippen LogP contribution in [-0.4, -0.2) is 66.3 Å². The molecule has 0 amide bonds. The number of oxime groups is 1. The summed E-state index contributed by atoms with van der Waals surface area (Å²) in [5.74, 6) is -0.396. The summed E-state index contributed by atoms with van der Waals surface area (Å²) in [4.78, 5) is 26.7. The van der Waals surface area contributed by atoms with Crippen molar-refractivity contribution in [1.82, 2.24) is 9.97 Å². The fraction of sp³-hybridized carbons (Fsp3) is 0.400. The zero-order valence-electron chi connectivity index (χ0n) is 16.7. The first-order chi connectivity index (χ1) is 14.5. The predicted molar refractivity (Wildman–Crippen MR) is 106 cm³/mol. The second-order valence-electron chi connectivity index (χ2n) is 6.70. The number of hydrogen-bond acceptors (Lipinski definition) is 9. The molecule has 1 fully saturated rings. The molecule has 3 rings (SSSR count). The first-order valence-corrected chi connectivity index (χ1v) is 9.31. The molecule has 160 valence electrons. The normalized spacial score (nSPS) is 14.1. The number of hydrogen-bond donors (Lipinski definition) is 1. The second-order valence-corrected chi connectivity index (χ2v) is 6.70. The van der Waals surface area contributed by atoms with Gasteiger partial charge in [0.15, 0.2) is 12.7 Å². The molecule has 1 N–H and O–H groups in total. The van der Waals surface area contributed by atoms with E-state index in [-0.39, 0.29) is 25.4 Å². The third kappa shape index (κ3) is 5.28. The van der Waals surface area contributed by atoms with E-state index < -0.39 is 17.9 Å². The van der Waals surface area contributed by atoms with E-state index in [4.69, 9.17) is 14.3 Å². The molecule has 0 aliphatic carbocycles. The average molecular weight is 418 g/mol. The van der Waals surface area contributed by atoms with Crippen molar-refractivity contribution in [3.05, 3.63) is 42.0 Å². The van der Waals surface area contributed by atoms with E-state index in [1.807, 2.05) is 4.90 Å². The van der Waals surface area contributed by atoms with Gasteiger partial charge in [0, 0.05) is 43.1 Å². The zero-order chi connectivity index (χ0) is 21.5. The lowest BCUT2D eigenvalue weighted by molar-refractivity contribution is -0.152. The van der Waals surface area contributed by atoms with Crippen molar-refractivity contribution in [2.75, 3.05) is 38.3 Å². The van der Waals surface area contributed by atoms with Gasteiger partial charge in [-0.05, 0) is 0 Å². The summed E-state index contributed by atoms with van der Waals surface area (Å²) in [6.45, 7) is 2.26. The quantitative estimate of drug-likeness (QED) is 0.483. The number of benzene rings is 1. The molecule has 10 heteroatoms. The van der Waals surface area contributed by atoms with Gasteiger partial charge in [-0.25, -0.2) is 14.4 Å². The van der Waals surface area contributed by atoms with Crippen LogP contribution in [0.5, 0.6) is 0 Å². The largest absolute Gasteiger partial charge is 0.456 e. The van der Waals surface area contributed by atoms with Crippen molar-refractivity contribution < 1.29 is 28.6 Å². The Hall–Kier alpha value is -3.11. The van der Waals surface area contributed by atoms with E-state index in [0.717, 1.165) is 5.71 Å². The van der Waals surface area contributed by atoms with Gasteiger partial charge in [-0.2, -0.15) is 0 Å². The van der Waals surface area contributed by atoms with Crippen LogP contribution in [-0.2, 0) is 25.7 Å². The molecule has 1 aliphatic rings. The molecule has 1 aliphatic heterocycles. The van der Waals surface area contributed by atoms with E-state index in [1.54, 1.807) is 24.5 Å². The van der Waals surface area contributed by atoms with Crippen molar-refractivity contribution in [1.29, 1.82) is 0 Å². The third-order valence-electron chi connectivity index (χ3n) is 4.37. The van der Waals surface area contributed by atoms with Crippen LogP contribution in [0.25, 0.3) is 11.1 Å². The second kappa shape index (κ2) is 10.1. The van der Waals surface area contributed by atoms with Crippen LogP contribution in [0.4, 0.5) is 10.3 Å². The molecular formula is C20H23FN4O5. The number of aliphatic hydroxyl groups is 1. The van der Waals surface area contributed by atoms with Crippen LogP contribution in [0, 0.1) is 5.82 Å². The van der Waals surface area contributed by atoms with Gasteiger partial charge >= 0.3 is 5.97 Å². The van der Waals surface area contributed by atoms with Crippen LogP contribution in [0.2, 0.25) is 0 Å². The highest BCUT2D eigenvalue weighted by atomic mass is 19.1. The molecule has 0 saturated carbocycles. The molecule has 2 aromatic rings. The molecule has 2 heterocycles. The highest BCUT2D eigenvalue weighted by Gasteiger charge is 2.25. The summed E-state index contributed by atoms with van der Waals surface area (Å²) in [5.41, 5.74) is 1.88. The zero-order valence-corrected chi connectivity index (χ0v) is 16.7. The lowest BCUT2D eigenvalue weighted by Crippen LogP contribution is -2.48. The maximum Gasteiger partial charge on any atom is 0.303 e. The van der Waals surface area contributed by atoms with E-state index in [0.29, 0.717) is 30.2 Å². The monoisotopic (exact) mass is 418 g/mol. The fourth-order valence-electron chi connectivity index (χ4n) is 2.89. The van der Waals surface area contributed by atoms with Gasteiger partial charge < -0.3 is 24.3 Å². The molecular weight excluding hydrogens is 395 g/mol. The Balaban J connectivity index is 1.53. The van der Waals surface area contributed by atoms with E-state index >= 15 is 0 Å². The van der Waals surface area contributed by atoms with Crippen LogP contribution >= 0.6 is 0 Å². The Morgan fingerprint density at radius 2 is 2.03 bits per heavy atom. The number of ether oxygens (including phenoxy) is 2. The summed E-state index contributed by atoms with van der Waals surface area (Å²) in [6.07, 6.45) is 2.57. The van der Waals surface area contributed by atoms with Crippen LogP contribution in [0.3, 0.4) is 0 Å². The standard InChI is InChI=1S/C20H23FN4O5/c1-13(27)30-17(11-28-2)12-29-24-16-8-25(9-16)20-22-6-15(7-23-20)18-5-3-4-14(10-26)19(18)21/h3-7,17,26H,8-12H2,1-2H3. The topological polar surface area (TPSA) is 106 Å². The molecule has 1 aromatic heterocycles. The lowest BCUT2D eigenvalue weighted by Gasteiger charge is -2.32. The maximum atomic E-state index is 14.3. The van der Waals surface area contributed by atoms with Gasteiger partial charge in [0.2, 0.25) is 5.95 Å². The number of anilines is 1. The van der Waals surface area contributed by atoms with E-state index in [9.17, 15) is 14.3 Å². The van der Waals surface area contributed by atoms with Gasteiger partial charge in [0.1, 0.15) is 5.82 Å².